The molecule has 8 nitrogen and oxygen atoms in total. The van der Waals surface area contributed by atoms with Crippen LogP contribution in [-0.4, -0.2) is 36.8 Å². The van der Waals surface area contributed by atoms with Crippen LogP contribution < -0.4 is 0 Å². The number of oxazole rings is 1. The van der Waals surface area contributed by atoms with Gasteiger partial charge in [-0.3, -0.25) is 4.79 Å². The number of thioether (sulfide) groups is 1. The Labute approximate surface area is 177 Å². The van der Waals surface area contributed by atoms with Crippen LogP contribution >= 0.6 is 11.8 Å². The zero-order valence-electron chi connectivity index (χ0n) is 17.2. The van der Waals surface area contributed by atoms with Crippen LogP contribution in [0.3, 0.4) is 0 Å². The predicted octanol–water partition coefficient (Wildman–Crippen LogP) is 3.71. The van der Waals surface area contributed by atoms with Gasteiger partial charge >= 0.3 is 5.97 Å². The monoisotopic (exact) mass is 423 g/mol. The van der Waals surface area contributed by atoms with Gasteiger partial charge in [0.05, 0.1) is 6.42 Å². The molecule has 0 unspecified atom stereocenters. The quantitative estimate of drug-likeness (QED) is 0.342. The van der Waals surface area contributed by atoms with E-state index < -0.39 is 0 Å². The lowest BCUT2D eigenvalue weighted by molar-refractivity contribution is -0.144. The first-order chi connectivity index (χ1) is 14.5. The van der Waals surface area contributed by atoms with Crippen LogP contribution in [0.1, 0.15) is 28.4 Å². The molecule has 0 radical (unpaired) electrons. The molecule has 0 saturated heterocycles. The van der Waals surface area contributed by atoms with Crippen LogP contribution in [0.5, 0.6) is 0 Å². The van der Waals surface area contributed by atoms with Crippen molar-refractivity contribution in [1.82, 2.24) is 24.6 Å². The van der Waals surface area contributed by atoms with Crippen molar-refractivity contribution >= 4 is 23.5 Å². The Morgan fingerprint density at radius 3 is 2.63 bits per heavy atom. The summed E-state index contributed by atoms with van der Waals surface area (Å²) < 4.78 is 12.9. The van der Waals surface area contributed by atoms with Crippen LogP contribution in [0.25, 0.3) is 17.2 Å². The van der Waals surface area contributed by atoms with E-state index in [0.717, 1.165) is 22.5 Å². The van der Waals surface area contributed by atoms with Gasteiger partial charge in [-0.15, -0.1) is 5.10 Å². The molecule has 0 aliphatic carbocycles. The highest BCUT2D eigenvalue weighted by molar-refractivity contribution is 7.98. The van der Waals surface area contributed by atoms with Crippen molar-refractivity contribution < 1.29 is 13.9 Å². The van der Waals surface area contributed by atoms with Crippen molar-refractivity contribution in [2.24, 2.45) is 0 Å². The molecule has 9 heteroatoms. The van der Waals surface area contributed by atoms with Gasteiger partial charge in [0.2, 0.25) is 11.0 Å². The molecule has 0 atom stereocenters. The number of hydrogen-bond acceptors (Lipinski definition) is 8. The van der Waals surface area contributed by atoms with Gasteiger partial charge in [0, 0.05) is 22.5 Å². The van der Waals surface area contributed by atoms with Gasteiger partial charge in [-0.05, 0) is 39.2 Å². The third-order valence-corrected chi connectivity index (χ3v) is 5.35. The Morgan fingerprint density at radius 2 is 1.90 bits per heavy atom. The first-order valence-corrected chi connectivity index (χ1v) is 10.6. The molecule has 0 bridgehead atoms. The average molecular weight is 423 g/mol. The van der Waals surface area contributed by atoms with Crippen molar-refractivity contribution in [1.29, 1.82) is 0 Å². The molecule has 0 saturated carbocycles. The maximum atomic E-state index is 12.5. The summed E-state index contributed by atoms with van der Waals surface area (Å²) >= 11 is 1.45. The smallest absolute Gasteiger partial charge is 0.310 e. The van der Waals surface area contributed by atoms with Crippen molar-refractivity contribution in [2.75, 3.05) is 6.26 Å². The average Bonchev–Trinajstić information content (AvgIpc) is 3.33. The Morgan fingerprint density at radius 1 is 1.13 bits per heavy atom. The van der Waals surface area contributed by atoms with Gasteiger partial charge < -0.3 is 9.15 Å². The third-order valence-electron chi connectivity index (χ3n) is 4.82. The van der Waals surface area contributed by atoms with Gasteiger partial charge in [-0.2, -0.15) is 4.98 Å². The van der Waals surface area contributed by atoms with Crippen LogP contribution in [0.2, 0.25) is 0 Å². The van der Waals surface area contributed by atoms with Gasteiger partial charge in [0.25, 0.3) is 5.78 Å². The highest BCUT2D eigenvalue weighted by Crippen LogP contribution is 2.22. The standard InChI is InChI=1S/C21H21N5O3S/c1-12-16(13(2)26-20(22-12)24-21(25-26)30-4)10-18(27)28-11-17-14(3)29-19(23-17)15-8-6-5-7-9-15/h5-9H,10-11H2,1-4H3. The fourth-order valence-corrected chi connectivity index (χ4v) is 3.48. The summed E-state index contributed by atoms with van der Waals surface area (Å²) in [5.74, 6) is 1.30. The minimum atomic E-state index is -0.365. The van der Waals surface area contributed by atoms with E-state index in [1.165, 1.54) is 11.8 Å². The minimum absolute atomic E-state index is 0.0503. The van der Waals surface area contributed by atoms with Crippen LogP contribution in [0, 0.1) is 20.8 Å². The Balaban J connectivity index is 1.47. The maximum Gasteiger partial charge on any atom is 0.310 e. The fraction of sp³-hybridized carbons (Fsp3) is 0.286. The number of ether oxygens (including phenoxy) is 1. The molecule has 4 rings (SSSR count). The number of fused-ring (bicyclic) bond motifs is 1. The largest absolute Gasteiger partial charge is 0.459 e. The van der Waals surface area contributed by atoms with Crippen LogP contribution in [0.15, 0.2) is 39.9 Å². The number of rotatable bonds is 6. The molecule has 3 heterocycles. The molecule has 0 fully saturated rings. The molecule has 0 aliphatic rings. The summed E-state index contributed by atoms with van der Waals surface area (Å²) in [6.07, 6.45) is 2.00. The van der Waals surface area contributed by atoms with E-state index in [4.69, 9.17) is 9.15 Å². The van der Waals surface area contributed by atoms with Crippen molar-refractivity contribution in [2.45, 2.75) is 39.0 Å². The third kappa shape index (κ3) is 3.93. The van der Waals surface area contributed by atoms with Gasteiger partial charge in [-0.1, -0.05) is 30.0 Å². The summed E-state index contributed by atoms with van der Waals surface area (Å²) in [4.78, 5) is 25.8. The summed E-state index contributed by atoms with van der Waals surface area (Å²) in [6, 6.07) is 9.60. The molecule has 154 valence electrons. The van der Waals surface area contributed by atoms with Gasteiger partial charge in [0.1, 0.15) is 18.1 Å². The van der Waals surface area contributed by atoms with E-state index in [2.05, 4.69) is 20.1 Å². The molecule has 0 spiro atoms. The Hall–Kier alpha value is -3.20. The topological polar surface area (TPSA) is 95.4 Å². The molecular formula is C21H21N5O3S. The van der Waals surface area contributed by atoms with E-state index in [1.54, 1.807) is 4.52 Å². The van der Waals surface area contributed by atoms with E-state index >= 15 is 0 Å². The molecular weight excluding hydrogens is 402 g/mol. The fourth-order valence-electron chi connectivity index (χ4n) is 3.14. The zero-order chi connectivity index (χ0) is 21.3. The number of carbonyl (C=O) groups is 1. The summed E-state index contributed by atoms with van der Waals surface area (Å²) in [5.41, 5.74) is 3.82. The molecule has 0 N–H and O–H groups in total. The van der Waals surface area contributed by atoms with E-state index in [1.807, 2.05) is 57.4 Å². The number of nitrogens with zero attached hydrogens (tertiary/aromatic N) is 5. The van der Waals surface area contributed by atoms with E-state index in [-0.39, 0.29) is 19.0 Å². The van der Waals surface area contributed by atoms with E-state index in [0.29, 0.717) is 28.3 Å². The molecule has 3 aromatic heterocycles. The van der Waals surface area contributed by atoms with Gasteiger partial charge in [0.15, 0.2) is 0 Å². The second kappa shape index (κ2) is 8.27. The lowest BCUT2D eigenvalue weighted by Crippen LogP contribution is -2.14. The number of hydrogen-bond donors (Lipinski definition) is 0. The van der Waals surface area contributed by atoms with Crippen molar-refractivity contribution in [3.05, 3.63) is 58.7 Å². The van der Waals surface area contributed by atoms with Gasteiger partial charge in [-0.25, -0.2) is 14.5 Å². The summed E-state index contributed by atoms with van der Waals surface area (Å²) in [7, 11) is 0. The van der Waals surface area contributed by atoms with E-state index in [9.17, 15) is 4.79 Å². The molecule has 4 aromatic rings. The first kappa shape index (κ1) is 20.1. The summed E-state index contributed by atoms with van der Waals surface area (Å²) in [5, 5.41) is 5.05. The number of benzene rings is 1. The number of carbonyl (C=O) groups excluding carboxylic acids is 1. The molecule has 30 heavy (non-hydrogen) atoms. The molecule has 0 amide bonds. The SMILES string of the molecule is CSc1nc2nc(C)c(CC(=O)OCc3nc(-c4ccccc4)oc3C)c(C)n2n1. The Kier molecular flexibility index (Phi) is 5.54. The normalized spacial score (nSPS) is 11.2. The van der Waals surface area contributed by atoms with Crippen molar-refractivity contribution in [3.63, 3.8) is 0 Å². The highest BCUT2D eigenvalue weighted by atomic mass is 32.2. The number of aromatic nitrogens is 5. The zero-order valence-corrected chi connectivity index (χ0v) is 18.0. The second-order valence-corrected chi connectivity index (χ2v) is 7.57. The Bertz CT molecular complexity index is 1220. The lowest BCUT2D eigenvalue weighted by atomic mass is 10.1. The highest BCUT2D eigenvalue weighted by Gasteiger charge is 2.18. The second-order valence-electron chi connectivity index (χ2n) is 6.80. The minimum Gasteiger partial charge on any atom is -0.459 e. The summed E-state index contributed by atoms with van der Waals surface area (Å²) in [6.45, 7) is 5.62. The first-order valence-electron chi connectivity index (χ1n) is 9.40. The van der Waals surface area contributed by atoms with Crippen LogP contribution in [-0.2, 0) is 22.6 Å². The molecule has 1 aromatic carbocycles. The number of aryl methyl sites for hydroxylation is 3. The predicted molar refractivity (Wildman–Crippen MR) is 112 cm³/mol. The van der Waals surface area contributed by atoms with Crippen molar-refractivity contribution in [3.8, 4) is 11.5 Å². The maximum absolute atomic E-state index is 12.5. The lowest BCUT2D eigenvalue weighted by Gasteiger charge is -2.10. The number of esters is 1. The van der Waals surface area contributed by atoms with Crippen LogP contribution in [0.4, 0.5) is 0 Å². The molecule has 0 aliphatic heterocycles.